The van der Waals surface area contributed by atoms with Gasteiger partial charge in [-0.05, 0) is 63.8 Å². The molecule has 5 rings (SSSR count). The summed E-state index contributed by atoms with van der Waals surface area (Å²) in [4.78, 5) is 28.1. The van der Waals surface area contributed by atoms with Gasteiger partial charge in [-0.15, -0.1) is 0 Å². The van der Waals surface area contributed by atoms with Crippen LogP contribution in [0, 0.1) is 0 Å². The molecule has 0 unspecified atom stereocenters. The highest BCUT2D eigenvalue weighted by Crippen LogP contribution is 2.45. The number of nitrogens with zero attached hydrogens (tertiary/aromatic N) is 1. The largest absolute Gasteiger partial charge is 0.507 e. The average Bonchev–Trinajstić information content (AvgIpc) is 3.18. The van der Waals surface area contributed by atoms with Gasteiger partial charge in [0, 0.05) is 12.1 Å². The molecule has 9 heteroatoms. The summed E-state index contributed by atoms with van der Waals surface area (Å²) in [5.74, 6) is -0.812. The second-order valence-corrected chi connectivity index (χ2v) is 9.49. The predicted molar refractivity (Wildman–Crippen MR) is 139 cm³/mol. The van der Waals surface area contributed by atoms with Crippen LogP contribution < -0.4 is 14.2 Å². The molecule has 0 saturated carbocycles. The fourth-order valence-electron chi connectivity index (χ4n) is 4.60. The fraction of sp³-hybridized carbons (Fsp3) is 0.214. The van der Waals surface area contributed by atoms with E-state index in [0.29, 0.717) is 46.7 Å². The topological polar surface area (TPSA) is 106 Å². The van der Waals surface area contributed by atoms with Crippen LogP contribution in [0.3, 0.4) is 0 Å². The summed E-state index contributed by atoms with van der Waals surface area (Å²) < 4.78 is 16.8. The summed E-state index contributed by atoms with van der Waals surface area (Å²) in [5, 5.41) is 21.7. The lowest BCUT2D eigenvalue weighted by molar-refractivity contribution is -0.139. The van der Waals surface area contributed by atoms with Crippen molar-refractivity contribution in [3.8, 4) is 23.0 Å². The number of hydrogen-bond donors (Lipinski definition) is 2. The number of phenolic OH excluding ortho intramolecular Hbond substituents is 1. The SMILES string of the molecule is COc1cc([C@@H]2C(=C(O)c3ccc4c(c3)OCCO4)C(=O)C(=O)N2CCc2ccccc2)cc(Br)c1O. The van der Waals surface area contributed by atoms with Crippen LogP contribution in [0.1, 0.15) is 22.7 Å². The maximum absolute atomic E-state index is 13.4. The van der Waals surface area contributed by atoms with Gasteiger partial charge in [0.25, 0.3) is 11.7 Å². The van der Waals surface area contributed by atoms with Gasteiger partial charge in [0.1, 0.15) is 19.0 Å². The number of ketones is 1. The van der Waals surface area contributed by atoms with Crippen molar-refractivity contribution in [3.63, 3.8) is 0 Å². The molecule has 1 fully saturated rings. The van der Waals surface area contributed by atoms with Gasteiger partial charge in [-0.3, -0.25) is 9.59 Å². The number of hydrogen-bond acceptors (Lipinski definition) is 7. The first-order valence-corrected chi connectivity index (χ1v) is 12.5. The Kier molecular flexibility index (Phi) is 6.80. The Morgan fingerprint density at radius 3 is 2.51 bits per heavy atom. The molecule has 1 saturated heterocycles. The number of methoxy groups -OCH3 is 1. The van der Waals surface area contributed by atoms with E-state index >= 15 is 0 Å². The van der Waals surface area contributed by atoms with Gasteiger partial charge in [0.15, 0.2) is 23.0 Å². The number of halogens is 1. The number of ether oxygens (including phenoxy) is 3. The summed E-state index contributed by atoms with van der Waals surface area (Å²) in [6, 6.07) is 16.7. The van der Waals surface area contributed by atoms with Crippen LogP contribution in [-0.4, -0.2) is 53.7 Å². The third-order valence-corrected chi connectivity index (χ3v) is 7.03. The first-order chi connectivity index (χ1) is 17.9. The third-order valence-electron chi connectivity index (χ3n) is 6.43. The molecule has 2 aliphatic rings. The first-order valence-electron chi connectivity index (χ1n) is 11.7. The van der Waals surface area contributed by atoms with Crippen LogP contribution in [0.4, 0.5) is 0 Å². The van der Waals surface area contributed by atoms with Crippen molar-refractivity contribution in [1.29, 1.82) is 0 Å². The van der Waals surface area contributed by atoms with E-state index in [1.165, 1.54) is 12.0 Å². The minimum Gasteiger partial charge on any atom is -0.507 e. The van der Waals surface area contributed by atoms with E-state index in [1.807, 2.05) is 30.3 Å². The molecule has 3 aromatic carbocycles. The van der Waals surface area contributed by atoms with Gasteiger partial charge in [-0.25, -0.2) is 0 Å². The van der Waals surface area contributed by atoms with Crippen molar-refractivity contribution in [2.75, 3.05) is 26.9 Å². The zero-order valence-corrected chi connectivity index (χ0v) is 21.5. The molecule has 37 heavy (non-hydrogen) atoms. The second kappa shape index (κ2) is 10.2. The van der Waals surface area contributed by atoms with Crippen LogP contribution in [0.25, 0.3) is 5.76 Å². The maximum atomic E-state index is 13.4. The quantitative estimate of drug-likeness (QED) is 0.255. The zero-order valence-electron chi connectivity index (χ0n) is 19.9. The Balaban J connectivity index is 1.63. The molecule has 0 aromatic heterocycles. The number of Topliss-reactive ketones (excluding diaryl/α,β-unsaturated/α-hetero) is 1. The van der Waals surface area contributed by atoms with E-state index in [4.69, 9.17) is 14.2 Å². The van der Waals surface area contributed by atoms with E-state index in [1.54, 1.807) is 30.3 Å². The fourth-order valence-corrected chi connectivity index (χ4v) is 5.06. The Morgan fingerprint density at radius 2 is 1.78 bits per heavy atom. The van der Waals surface area contributed by atoms with Crippen molar-refractivity contribution in [2.24, 2.45) is 0 Å². The number of aliphatic hydroxyl groups is 1. The lowest BCUT2D eigenvalue weighted by Gasteiger charge is -2.26. The van der Waals surface area contributed by atoms with Crippen LogP contribution in [0.5, 0.6) is 23.0 Å². The zero-order chi connectivity index (χ0) is 26.1. The standard InChI is InChI=1S/C28H24BrNO7/c1-35-22-15-18(13-19(29)26(22)32)24-23(25(31)17-7-8-20-21(14-17)37-12-11-36-20)27(33)28(34)30(24)10-9-16-5-3-2-4-6-16/h2-8,13-15,24,31-32H,9-12H2,1H3/t24-/m1/s1. The summed E-state index contributed by atoms with van der Waals surface area (Å²) in [6.45, 7) is 1.02. The number of carbonyl (C=O) groups is 2. The summed E-state index contributed by atoms with van der Waals surface area (Å²) in [7, 11) is 1.41. The molecule has 2 heterocycles. The van der Waals surface area contributed by atoms with E-state index < -0.39 is 17.7 Å². The van der Waals surface area contributed by atoms with Gasteiger partial charge >= 0.3 is 0 Å². The number of fused-ring (bicyclic) bond motifs is 1. The molecular formula is C28H24BrNO7. The smallest absolute Gasteiger partial charge is 0.295 e. The Hall–Kier alpha value is -3.98. The number of phenols is 1. The van der Waals surface area contributed by atoms with E-state index in [0.717, 1.165) is 5.56 Å². The first kappa shape index (κ1) is 24.7. The Morgan fingerprint density at radius 1 is 1.05 bits per heavy atom. The minimum atomic E-state index is -0.914. The second-order valence-electron chi connectivity index (χ2n) is 8.64. The van der Waals surface area contributed by atoms with Crippen molar-refractivity contribution in [3.05, 3.63) is 87.4 Å². The van der Waals surface area contributed by atoms with Gasteiger partial charge in [-0.2, -0.15) is 0 Å². The monoisotopic (exact) mass is 565 g/mol. The highest BCUT2D eigenvalue weighted by atomic mass is 79.9. The summed E-state index contributed by atoms with van der Waals surface area (Å²) in [6.07, 6.45) is 0.505. The third kappa shape index (κ3) is 4.62. The minimum absolute atomic E-state index is 0.0608. The number of carbonyl (C=O) groups excluding carboxylic acids is 2. The number of benzene rings is 3. The van der Waals surface area contributed by atoms with Crippen LogP contribution in [0.2, 0.25) is 0 Å². The molecule has 0 bridgehead atoms. The molecule has 3 aromatic rings. The summed E-state index contributed by atoms with van der Waals surface area (Å²) >= 11 is 3.33. The van der Waals surface area contributed by atoms with Crippen molar-refractivity contribution >= 4 is 33.4 Å². The highest BCUT2D eigenvalue weighted by molar-refractivity contribution is 9.10. The predicted octanol–water partition coefficient (Wildman–Crippen LogP) is 4.60. The van der Waals surface area contributed by atoms with Crippen molar-refractivity contribution in [2.45, 2.75) is 12.5 Å². The van der Waals surface area contributed by atoms with Crippen molar-refractivity contribution in [1.82, 2.24) is 4.90 Å². The van der Waals surface area contributed by atoms with Gasteiger partial charge < -0.3 is 29.3 Å². The molecule has 190 valence electrons. The molecule has 1 atom stereocenters. The molecular weight excluding hydrogens is 542 g/mol. The molecule has 1 amide bonds. The summed E-state index contributed by atoms with van der Waals surface area (Å²) in [5.41, 5.74) is 1.75. The van der Waals surface area contributed by atoms with E-state index in [2.05, 4.69) is 15.9 Å². The number of likely N-dealkylation sites (tertiary alicyclic amines) is 1. The molecule has 8 nitrogen and oxygen atoms in total. The highest BCUT2D eigenvalue weighted by Gasteiger charge is 2.46. The molecule has 2 N–H and O–H groups in total. The van der Waals surface area contributed by atoms with Crippen LogP contribution in [-0.2, 0) is 16.0 Å². The van der Waals surface area contributed by atoms with E-state index in [-0.39, 0.29) is 29.4 Å². The molecule has 0 radical (unpaired) electrons. The number of aliphatic hydroxyl groups excluding tert-OH is 1. The normalized spacial score (nSPS) is 18.2. The van der Waals surface area contributed by atoms with Gasteiger partial charge in [0.2, 0.25) is 0 Å². The van der Waals surface area contributed by atoms with Gasteiger partial charge in [0.05, 0.1) is 23.2 Å². The van der Waals surface area contributed by atoms with Gasteiger partial charge in [-0.1, -0.05) is 30.3 Å². The maximum Gasteiger partial charge on any atom is 0.295 e. The number of rotatable bonds is 6. The van der Waals surface area contributed by atoms with E-state index in [9.17, 15) is 19.8 Å². The number of amides is 1. The van der Waals surface area contributed by atoms with Crippen molar-refractivity contribution < 1.29 is 34.0 Å². The van der Waals surface area contributed by atoms with Crippen LogP contribution in [0.15, 0.2) is 70.7 Å². The molecule has 0 aliphatic carbocycles. The number of aromatic hydroxyl groups is 1. The molecule has 2 aliphatic heterocycles. The average molecular weight is 566 g/mol. The molecule has 0 spiro atoms. The van der Waals surface area contributed by atoms with Crippen LogP contribution >= 0.6 is 15.9 Å². The lowest BCUT2D eigenvalue weighted by Crippen LogP contribution is -2.31. The Labute approximate surface area is 221 Å². The lowest BCUT2D eigenvalue weighted by atomic mass is 9.94. The Bertz CT molecular complexity index is 1400.